The quantitative estimate of drug-likeness (QED) is 0.828. The van der Waals surface area contributed by atoms with Gasteiger partial charge in [0.2, 0.25) is 0 Å². The molecule has 1 aromatic carbocycles. The Bertz CT molecular complexity index is 323. The molecule has 0 aliphatic carbocycles. The van der Waals surface area contributed by atoms with Crippen molar-refractivity contribution < 1.29 is 0 Å². The van der Waals surface area contributed by atoms with Gasteiger partial charge in [0.05, 0.1) is 0 Å². The van der Waals surface area contributed by atoms with Crippen molar-refractivity contribution in [2.24, 2.45) is 0 Å². The zero-order valence-electron chi connectivity index (χ0n) is 9.35. The summed E-state index contributed by atoms with van der Waals surface area (Å²) in [6, 6.07) is 8.21. The lowest BCUT2D eigenvalue weighted by atomic mass is 10.0. The van der Waals surface area contributed by atoms with Crippen LogP contribution in [-0.2, 0) is 6.54 Å². The van der Waals surface area contributed by atoms with Gasteiger partial charge >= 0.3 is 0 Å². The Hall–Kier alpha value is -0.0500. The highest BCUT2D eigenvalue weighted by atomic mass is 79.9. The Morgan fingerprint density at radius 1 is 1.40 bits per heavy atom. The van der Waals surface area contributed by atoms with Crippen molar-refractivity contribution in [1.82, 2.24) is 5.32 Å². The highest BCUT2D eigenvalue weighted by Gasteiger charge is 2.23. The van der Waals surface area contributed by atoms with Gasteiger partial charge in [-0.15, -0.1) is 11.6 Å². The fourth-order valence-electron chi connectivity index (χ4n) is 1.11. The van der Waals surface area contributed by atoms with Gasteiger partial charge in [-0.05, 0) is 32.4 Å². The summed E-state index contributed by atoms with van der Waals surface area (Å²) in [7, 11) is 0. The van der Waals surface area contributed by atoms with Gasteiger partial charge in [-0.2, -0.15) is 0 Å². The van der Waals surface area contributed by atoms with E-state index in [0.29, 0.717) is 0 Å². The van der Waals surface area contributed by atoms with Crippen LogP contribution < -0.4 is 5.32 Å². The van der Waals surface area contributed by atoms with Crippen LogP contribution in [0.1, 0.15) is 26.3 Å². The SMILES string of the molecule is CC(Cl)C(C)(C)NCc1ccccc1Br. The normalized spacial score (nSPS) is 13.9. The molecule has 0 aliphatic heterocycles. The van der Waals surface area contributed by atoms with Crippen LogP contribution >= 0.6 is 27.5 Å². The third kappa shape index (κ3) is 3.78. The molecule has 0 amide bonds. The van der Waals surface area contributed by atoms with E-state index >= 15 is 0 Å². The van der Waals surface area contributed by atoms with E-state index in [1.165, 1.54) is 5.56 Å². The highest BCUT2D eigenvalue weighted by Crippen LogP contribution is 2.19. The molecule has 1 N–H and O–H groups in total. The van der Waals surface area contributed by atoms with Crippen molar-refractivity contribution in [3.63, 3.8) is 0 Å². The summed E-state index contributed by atoms with van der Waals surface area (Å²) < 4.78 is 1.13. The number of hydrogen-bond donors (Lipinski definition) is 1. The Labute approximate surface area is 105 Å². The molecule has 0 bridgehead atoms. The van der Waals surface area contributed by atoms with Crippen LogP contribution in [-0.4, -0.2) is 10.9 Å². The molecule has 0 saturated heterocycles. The van der Waals surface area contributed by atoms with E-state index in [1.807, 2.05) is 25.1 Å². The summed E-state index contributed by atoms with van der Waals surface area (Å²) in [5, 5.41) is 3.55. The second kappa shape index (κ2) is 5.33. The lowest BCUT2D eigenvalue weighted by molar-refractivity contribution is 0.380. The first kappa shape index (κ1) is 13.0. The summed E-state index contributed by atoms with van der Waals surface area (Å²) in [6.45, 7) is 7.06. The number of nitrogens with one attached hydrogen (secondary N) is 1. The van der Waals surface area contributed by atoms with Gasteiger partial charge in [0.15, 0.2) is 0 Å². The van der Waals surface area contributed by atoms with Gasteiger partial charge in [-0.25, -0.2) is 0 Å². The van der Waals surface area contributed by atoms with Crippen molar-refractivity contribution >= 4 is 27.5 Å². The van der Waals surface area contributed by atoms with Crippen LogP contribution in [0.15, 0.2) is 28.7 Å². The number of rotatable bonds is 4. The second-order valence-corrected chi connectivity index (χ2v) is 5.79. The van der Waals surface area contributed by atoms with Crippen molar-refractivity contribution in [1.29, 1.82) is 0 Å². The third-order valence-corrected chi connectivity index (χ3v) is 4.01. The van der Waals surface area contributed by atoms with Crippen molar-refractivity contribution in [3.05, 3.63) is 34.3 Å². The predicted octanol–water partition coefficient (Wildman–Crippen LogP) is 3.94. The highest BCUT2D eigenvalue weighted by molar-refractivity contribution is 9.10. The lowest BCUT2D eigenvalue weighted by Gasteiger charge is -2.29. The molecule has 1 atom stereocenters. The van der Waals surface area contributed by atoms with E-state index in [1.54, 1.807) is 0 Å². The number of benzene rings is 1. The van der Waals surface area contributed by atoms with Crippen molar-refractivity contribution in [2.75, 3.05) is 0 Å². The fourth-order valence-corrected chi connectivity index (χ4v) is 1.61. The third-order valence-electron chi connectivity index (χ3n) is 2.69. The van der Waals surface area contributed by atoms with Gasteiger partial charge < -0.3 is 5.32 Å². The molecule has 15 heavy (non-hydrogen) atoms. The average Bonchev–Trinajstić information content (AvgIpc) is 2.16. The molecule has 3 heteroatoms. The van der Waals surface area contributed by atoms with Crippen LogP contribution in [0.4, 0.5) is 0 Å². The molecule has 1 nitrogen and oxygen atoms in total. The molecule has 0 saturated carbocycles. The first-order valence-corrected chi connectivity index (χ1v) is 6.29. The van der Waals surface area contributed by atoms with E-state index in [2.05, 4.69) is 41.2 Å². The molecule has 84 valence electrons. The molecule has 0 spiro atoms. The maximum atomic E-state index is 6.10. The summed E-state index contributed by atoms with van der Waals surface area (Å²) in [4.78, 5) is 0. The number of alkyl halides is 1. The molecule has 0 radical (unpaired) electrons. The molecule has 1 unspecified atom stereocenters. The molecule has 0 fully saturated rings. The monoisotopic (exact) mass is 289 g/mol. The second-order valence-electron chi connectivity index (χ2n) is 4.28. The summed E-state index contributed by atoms with van der Waals surface area (Å²) in [5.74, 6) is 0. The van der Waals surface area contributed by atoms with Crippen LogP contribution in [0.25, 0.3) is 0 Å². The Balaban J connectivity index is 2.62. The van der Waals surface area contributed by atoms with Gasteiger partial charge in [0, 0.05) is 21.9 Å². The largest absolute Gasteiger partial charge is 0.306 e. The molecule has 1 aromatic rings. The maximum absolute atomic E-state index is 6.10. The van der Waals surface area contributed by atoms with Gasteiger partial charge in [-0.1, -0.05) is 34.1 Å². The molecular weight excluding hydrogens is 273 g/mol. The smallest absolute Gasteiger partial charge is 0.0484 e. The van der Waals surface area contributed by atoms with Crippen molar-refractivity contribution in [2.45, 2.75) is 38.2 Å². The number of hydrogen-bond acceptors (Lipinski definition) is 1. The Morgan fingerprint density at radius 3 is 2.53 bits per heavy atom. The topological polar surface area (TPSA) is 12.0 Å². The minimum absolute atomic E-state index is 0.0587. The van der Waals surface area contributed by atoms with Crippen LogP contribution in [0.5, 0.6) is 0 Å². The van der Waals surface area contributed by atoms with Crippen LogP contribution in [0.3, 0.4) is 0 Å². The van der Waals surface area contributed by atoms with Gasteiger partial charge in [0.25, 0.3) is 0 Å². The van der Waals surface area contributed by atoms with E-state index in [9.17, 15) is 0 Å². The molecule has 0 heterocycles. The summed E-state index contributed by atoms with van der Waals surface area (Å²) in [5.41, 5.74) is 1.19. The van der Waals surface area contributed by atoms with Crippen LogP contribution in [0, 0.1) is 0 Å². The van der Waals surface area contributed by atoms with Crippen LogP contribution in [0.2, 0.25) is 0 Å². The standard InChI is InChI=1S/C12H17BrClN/c1-9(14)12(2,3)15-8-10-6-4-5-7-11(10)13/h4-7,9,15H,8H2,1-3H3. The summed E-state index contributed by atoms with van der Waals surface area (Å²) in [6.07, 6.45) is 0. The predicted molar refractivity (Wildman–Crippen MR) is 70.4 cm³/mol. The minimum atomic E-state index is -0.0587. The summed E-state index contributed by atoms with van der Waals surface area (Å²) >= 11 is 9.63. The zero-order chi connectivity index (χ0) is 11.5. The first-order chi connectivity index (χ1) is 6.93. The van der Waals surface area contributed by atoms with Gasteiger partial charge in [0.1, 0.15) is 0 Å². The first-order valence-electron chi connectivity index (χ1n) is 5.06. The number of halogens is 2. The lowest BCUT2D eigenvalue weighted by Crippen LogP contribution is -2.45. The molecule has 0 aromatic heterocycles. The van der Waals surface area contributed by atoms with E-state index < -0.39 is 0 Å². The fraction of sp³-hybridized carbons (Fsp3) is 0.500. The maximum Gasteiger partial charge on any atom is 0.0484 e. The molecule has 0 aliphatic rings. The van der Waals surface area contributed by atoms with E-state index in [-0.39, 0.29) is 10.9 Å². The Morgan fingerprint density at radius 2 is 2.00 bits per heavy atom. The van der Waals surface area contributed by atoms with Gasteiger partial charge in [-0.3, -0.25) is 0 Å². The molecular formula is C12H17BrClN. The van der Waals surface area contributed by atoms with E-state index in [0.717, 1.165) is 11.0 Å². The molecule has 1 rings (SSSR count). The Kier molecular flexibility index (Phi) is 4.63. The van der Waals surface area contributed by atoms with Crippen molar-refractivity contribution in [3.8, 4) is 0 Å². The van der Waals surface area contributed by atoms with E-state index in [4.69, 9.17) is 11.6 Å². The minimum Gasteiger partial charge on any atom is -0.306 e. The average molecular weight is 291 g/mol. The zero-order valence-corrected chi connectivity index (χ0v) is 11.7.